The lowest BCUT2D eigenvalue weighted by atomic mass is 10.1. The highest BCUT2D eigenvalue weighted by Crippen LogP contribution is 2.46. The zero-order chi connectivity index (χ0) is 21.9. The van der Waals surface area contributed by atoms with E-state index >= 15 is 0 Å². The molecule has 12 nitrogen and oxygen atoms in total. The van der Waals surface area contributed by atoms with Crippen molar-refractivity contribution in [2.75, 3.05) is 20.3 Å². The van der Waals surface area contributed by atoms with Crippen molar-refractivity contribution >= 4 is 23.7 Å². The minimum atomic E-state index is -2.77. The van der Waals surface area contributed by atoms with E-state index in [1.165, 1.54) is 24.1 Å². The van der Waals surface area contributed by atoms with E-state index in [1.54, 1.807) is 6.20 Å². The minimum Gasteiger partial charge on any atom is -0.387 e. The van der Waals surface area contributed by atoms with Crippen molar-refractivity contribution in [3.8, 4) is 0 Å². The molecule has 4 atom stereocenters. The molecule has 3 heterocycles. The number of methoxy groups -OCH3 is 1. The monoisotopic (exact) mass is 461 g/mol. The largest absolute Gasteiger partial charge is 0.387 e. The van der Waals surface area contributed by atoms with Crippen LogP contribution in [0.5, 0.6) is 0 Å². The van der Waals surface area contributed by atoms with Crippen LogP contribution in [-0.4, -0.2) is 68.3 Å². The van der Waals surface area contributed by atoms with Gasteiger partial charge in [0.2, 0.25) is 6.49 Å². The summed E-state index contributed by atoms with van der Waals surface area (Å²) in [5.41, 5.74) is -0.792. The van der Waals surface area contributed by atoms with E-state index in [0.29, 0.717) is 18.6 Å². The summed E-state index contributed by atoms with van der Waals surface area (Å²) in [6.07, 6.45) is -0.693. The highest BCUT2D eigenvalue weighted by atomic mass is 32.5. The van der Waals surface area contributed by atoms with Crippen molar-refractivity contribution in [1.29, 1.82) is 0 Å². The summed E-state index contributed by atoms with van der Waals surface area (Å²) < 4.78 is 25.1. The predicted molar refractivity (Wildman–Crippen MR) is 109 cm³/mol. The lowest BCUT2D eigenvalue weighted by Crippen LogP contribution is -2.38. The third kappa shape index (κ3) is 4.62. The van der Waals surface area contributed by atoms with Gasteiger partial charge in [0, 0.05) is 19.4 Å². The second kappa shape index (κ2) is 9.60. The average Bonchev–Trinajstić information content (AvgIpc) is 3.28. The fourth-order valence-corrected chi connectivity index (χ4v) is 5.50. The van der Waals surface area contributed by atoms with Gasteiger partial charge in [0.15, 0.2) is 11.7 Å². The number of hydrogen-bond donors (Lipinski definition) is 2. The average molecular weight is 461 g/mol. The van der Waals surface area contributed by atoms with Crippen LogP contribution in [-0.2, 0) is 36.9 Å². The zero-order valence-electron chi connectivity index (χ0n) is 16.7. The minimum absolute atomic E-state index is 0.121. The molecule has 0 saturated carbocycles. The summed E-state index contributed by atoms with van der Waals surface area (Å²) in [4.78, 5) is 25.6. The molecular weight excluding hydrogens is 437 g/mol. The standard InChI is InChI=1S/C16H24N5O7PS/c1-4-26-29(30,27-5-2)12-9-20(19-18-12)8-10-13(23)14(25-3)15(28-10)21-7-6-11(22)17-16(21)24/h6-7,9-10,13-15,23H,4-5,8H2,1-3H3,(H,17,22,24)/t10-,13?,14?,15-/m1/s1. The third-order valence-electron chi connectivity index (χ3n) is 4.48. The van der Waals surface area contributed by atoms with Gasteiger partial charge < -0.3 is 23.6 Å². The van der Waals surface area contributed by atoms with E-state index in [1.807, 2.05) is 13.8 Å². The summed E-state index contributed by atoms with van der Waals surface area (Å²) in [6, 6.07) is 1.19. The Bertz CT molecular complexity index is 1010. The van der Waals surface area contributed by atoms with Crippen molar-refractivity contribution in [2.45, 2.75) is 44.9 Å². The molecule has 0 aromatic carbocycles. The van der Waals surface area contributed by atoms with Gasteiger partial charge >= 0.3 is 5.69 Å². The Morgan fingerprint density at radius 2 is 2.03 bits per heavy atom. The number of hydrogen-bond acceptors (Lipinski definition) is 10. The number of H-pyrrole nitrogens is 1. The summed E-state index contributed by atoms with van der Waals surface area (Å²) >= 11 is 5.51. The van der Waals surface area contributed by atoms with Crippen LogP contribution < -0.4 is 16.7 Å². The number of aromatic amines is 1. The van der Waals surface area contributed by atoms with Crippen LogP contribution in [0.25, 0.3) is 0 Å². The molecule has 2 N–H and O–H groups in total. The molecule has 0 bridgehead atoms. The quantitative estimate of drug-likeness (QED) is 0.452. The number of rotatable bonds is 9. The van der Waals surface area contributed by atoms with Crippen molar-refractivity contribution in [3.05, 3.63) is 39.3 Å². The van der Waals surface area contributed by atoms with Crippen LogP contribution in [0.15, 0.2) is 28.0 Å². The van der Waals surface area contributed by atoms with E-state index in [-0.39, 0.29) is 6.54 Å². The van der Waals surface area contributed by atoms with Gasteiger partial charge in [-0.05, 0) is 25.7 Å². The predicted octanol–water partition coefficient (Wildman–Crippen LogP) is -0.891. The second-order valence-corrected chi connectivity index (χ2v) is 9.82. The Kier molecular flexibility index (Phi) is 7.34. The van der Waals surface area contributed by atoms with Gasteiger partial charge in [-0.3, -0.25) is 14.3 Å². The van der Waals surface area contributed by atoms with Gasteiger partial charge in [-0.1, -0.05) is 5.21 Å². The lowest BCUT2D eigenvalue weighted by Gasteiger charge is -2.19. The van der Waals surface area contributed by atoms with Gasteiger partial charge in [-0.15, -0.1) is 5.10 Å². The molecule has 0 aliphatic carbocycles. The van der Waals surface area contributed by atoms with Gasteiger partial charge in [0.25, 0.3) is 5.56 Å². The number of ether oxygens (including phenoxy) is 2. The molecule has 30 heavy (non-hydrogen) atoms. The van der Waals surface area contributed by atoms with Crippen LogP contribution in [0, 0.1) is 0 Å². The maximum absolute atomic E-state index is 12.1. The number of nitrogens with zero attached hydrogens (tertiary/aromatic N) is 4. The molecule has 1 saturated heterocycles. The molecule has 0 radical (unpaired) electrons. The SMILES string of the molecule is CCOP(=S)(OCC)c1cn(C[C@H]2O[C@@H](n3ccc(=O)[nH]c3=O)C(OC)C2O)nn1. The van der Waals surface area contributed by atoms with E-state index in [2.05, 4.69) is 15.3 Å². The molecule has 0 amide bonds. The van der Waals surface area contributed by atoms with Gasteiger partial charge in [0.05, 0.1) is 26.0 Å². The first-order valence-electron chi connectivity index (χ1n) is 9.30. The second-order valence-electron chi connectivity index (χ2n) is 6.41. The van der Waals surface area contributed by atoms with Crippen LogP contribution in [0.1, 0.15) is 20.1 Å². The van der Waals surface area contributed by atoms with Crippen molar-refractivity contribution in [1.82, 2.24) is 24.5 Å². The lowest BCUT2D eigenvalue weighted by molar-refractivity contribution is -0.0566. The molecule has 1 aliphatic rings. The topological polar surface area (TPSA) is 143 Å². The molecule has 3 rings (SSSR count). The summed E-state index contributed by atoms with van der Waals surface area (Å²) in [7, 11) is 1.40. The summed E-state index contributed by atoms with van der Waals surface area (Å²) in [5, 5.41) is 18.8. The van der Waals surface area contributed by atoms with Crippen molar-refractivity contribution < 1.29 is 23.6 Å². The van der Waals surface area contributed by atoms with E-state index in [0.717, 1.165) is 4.57 Å². The van der Waals surface area contributed by atoms with Gasteiger partial charge in [0.1, 0.15) is 18.3 Å². The Labute approximate surface area is 176 Å². The van der Waals surface area contributed by atoms with Gasteiger partial charge in [-0.2, -0.15) is 0 Å². The Morgan fingerprint density at radius 3 is 2.63 bits per heavy atom. The third-order valence-corrected chi connectivity index (χ3v) is 7.64. The van der Waals surface area contributed by atoms with Crippen LogP contribution in [0.2, 0.25) is 0 Å². The van der Waals surface area contributed by atoms with Crippen molar-refractivity contribution in [2.24, 2.45) is 0 Å². The highest BCUT2D eigenvalue weighted by molar-refractivity contribution is 8.13. The fraction of sp³-hybridized carbons (Fsp3) is 0.625. The first kappa shape index (κ1) is 22.9. The Hall–Kier alpha value is -1.73. The number of aliphatic hydroxyl groups excluding tert-OH is 1. The Morgan fingerprint density at radius 1 is 1.33 bits per heavy atom. The molecule has 2 aromatic heterocycles. The molecule has 14 heteroatoms. The molecule has 1 fully saturated rings. The van der Waals surface area contributed by atoms with E-state index in [9.17, 15) is 14.7 Å². The molecule has 1 aliphatic heterocycles. The van der Waals surface area contributed by atoms with Gasteiger partial charge in [-0.25, -0.2) is 9.48 Å². The molecule has 166 valence electrons. The molecular formula is C16H24N5O7PS. The number of aliphatic hydroxyl groups is 1. The maximum Gasteiger partial charge on any atom is 0.330 e. The van der Waals surface area contributed by atoms with Crippen LogP contribution in [0.3, 0.4) is 0 Å². The summed E-state index contributed by atoms with van der Waals surface area (Å²) in [5.74, 6) is 0. The first-order chi connectivity index (χ1) is 14.3. The molecule has 2 unspecified atom stereocenters. The maximum atomic E-state index is 12.1. The van der Waals surface area contributed by atoms with E-state index in [4.69, 9.17) is 30.3 Å². The van der Waals surface area contributed by atoms with Crippen LogP contribution in [0.4, 0.5) is 0 Å². The highest BCUT2D eigenvalue weighted by Gasteiger charge is 2.45. The number of aromatic nitrogens is 5. The number of nitrogens with one attached hydrogen (secondary N) is 1. The van der Waals surface area contributed by atoms with Crippen LogP contribution >= 0.6 is 6.49 Å². The Balaban J connectivity index is 1.80. The molecule has 0 spiro atoms. The summed E-state index contributed by atoms with van der Waals surface area (Å²) in [6.45, 7) is 1.74. The molecule has 2 aromatic rings. The first-order valence-corrected chi connectivity index (χ1v) is 11.9. The van der Waals surface area contributed by atoms with Crippen molar-refractivity contribution in [3.63, 3.8) is 0 Å². The zero-order valence-corrected chi connectivity index (χ0v) is 18.4. The smallest absolute Gasteiger partial charge is 0.330 e. The fourth-order valence-electron chi connectivity index (χ4n) is 3.17. The van der Waals surface area contributed by atoms with E-state index < -0.39 is 42.3 Å². The normalized spacial score (nSPS) is 24.4.